The highest BCUT2D eigenvalue weighted by molar-refractivity contribution is 5.80. The van der Waals surface area contributed by atoms with Gasteiger partial charge in [-0.1, -0.05) is 76.2 Å². The number of aryl methyl sites for hydroxylation is 1. The number of hydrogen-bond acceptors (Lipinski definition) is 6. The maximum Gasteiger partial charge on any atom is 0.306 e. The number of hydrogen-bond donors (Lipinski definition) is 2. The Balaban J connectivity index is 1.57. The molecule has 0 radical (unpaired) electrons. The van der Waals surface area contributed by atoms with E-state index in [2.05, 4.69) is 65.7 Å². The van der Waals surface area contributed by atoms with Gasteiger partial charge in [-0.15, -0.1) is 5.10 Å². The number of aromatic amines is 1. The van der Waals surface area contributed by atoms with Crippen LogP contribution in [0, 0.1) is 5.92 Å². The van der Waals surface area contributed by atoms with Crippen LogP contribution in [0.5, 0.6) is 0 Å². The molecule has 176 valence electrons. The lowest BCUT2D eigenvalue weighted by atomic mass is 9.95. The van der Waals surface area contributed by atoms with Crippen molar-refractivity contribution in [2.45, 2.75) is 52.5 Å². The Labute approximate surface area is 198 Å². The lowest BCUT2D eigenvalue weighted by Crippen LogP contribution is -2.20. The summed E-state index contributed by atoms with van der Waals surface area (Å²) < 4.78 is 1.93. The summed E-state index contributed by atoms with van der Waals surface area (Å²) in [7, 11) is 0. The van der Waals surface area contributed by atoms with Crippen LogP contribution in [0.25, 0.3) is 22.5 Å². The van der Waals surface area contributed by atoms with Gasteiger partial charge in [-0.2, -0.15) is 5.10 Å². The van der Waals surface area contributed by atoms with E-state index in [0.29, 0.717) is 31.0 Å². The number of rotatable bonds is 8. The molecule has 0 bridgehead atoms. The molecule has 0 aliphatic rings. The summed E-state index contributed by atoms with van der Waals surface area (Å²) in [5.74, 6) is 0.980. The normalized spacial score (nSPS) is 12.6. The van der Waals surface area contributed by atoms with Gasteiger partial charge in [0.05, 0.1) is 12.5 Å². The van der Waals surface area contributed by atoms with Gasteiger partial charge in [0, 0.05) is 17.4 Å². The van der Waals surface area contributed by atoms with Crippen molar-refractivity contribution in [1.82, 2.24) is 35.4 Å². The van der Waals surface area contributed by atoms with E-state index in [9.17, 15) is 4.79 Å². The van der Waals surface area contributed by atoms with Crippen LogP contribution in [-0.2, 0) is 23.2 Å². The third-order valence-corrected chi connectivity index (χ3v) is 5.73. The van der Waals surface area contributed by atoms with Crippen LogP contribution in [0.1, 0.15) is 51.3 Å². The molecule has 1 unspecified atom stereocenters. The Hall–Kier alpha value is -3.88. The summed E-state index contributed by atoms with van der Waals surface area (Å²) in [5, 5.41) is 28.1. The monoisotopic (exact) mass is 459 g/mol. The van der Waals surface area contributed by atoms with E-state index in [1.165, 1.54) is 0 Å². The molecule has 2 aromatic heterocycles. The zero-order chi connectivity index (χ0) is 24.3. The molecule has 0 saturated carbocycles. The average molecular weight is 460 g/mol. The van der Waals surface area contributed by atoms with Gasteiger partial charge in [0.2, 0.25) is 0 Å². The Morgan fingerprint density at radius 2 is 1.79 bits per heavy atom. The van der Waals surface area contributed by atoms with Gasteiger partial charge in [-0.25, -0.2) is 14.8 Å². The van der Waals surface area contributed by atoms with Crippen LogP contribution in [0.15, 0.2) is 48.5 Å². The Morgan fingerprint density at radius 3 is 2.41 bits per heavy atom. The molecule has 4 rings (SSSR count). The lowest BCUT2D eigenvalue weighted by Gasteiger charge is -2.18. The molecule has 0 aliphatic carbocycles. The van der Waals surface area contributed by atoms with Crippen LogP contribution < -0.4 is 0 Å². The fraction of sp³-hybridized carbons (Fsp3) is 0.360. The fourth-order valence-corrected chi connectivity index (χ4v) is 3.81. The quantitative estimate of drug-likeness (QED) is 0.406. The molecule has 34 heavy (non-hydrogen) atoms. The number of carboxylic acid groups (broad SMARTS) is 1. The Kier molecular flexibility index (Phi) is 6.54. The predicted molar refractivity (Wildman–Crippen MR) is 128 cm³/mol. The topological polar surface area (TPSA) is 122 Å². The zero-order valence-corrected chi connectivity index (χ0v) is 19.9. The second-order valence-corrected chi connectivity index (χ2v) is 9.53. The van der Waals surface area contributed by atoms with Crippen molar-refractivity contribution in [3.63, 3.8) is 0 Å². The number of nitrogens with one attached hydrogen (secondary N) is 1. The van der Waals surface area contributed by atoms with Crippen LogP contribution in [0.2, 0.25) is 0 Å². The number of benzene rings is 2. The molecule has 2 N–H and O–H groups in total. The van der Waals surface area contributed by atoms with Crippen molar-refractivity contribution in [1.29, 1.82) is 0 Å². The van der Waals surface area contributed by atoms with Crippen LogP contribution in [0.3, 0.4) is 0 Å². The molecule has 0 aliphatic heterocycles. The summed E-state index contributed by atoms with van der Waals surface area (Å²) in [5.41, 5.74) is 3.95. The molecular weight excluding hydrogens is 430 g/mol. The van der Waals surface area contributed by atoms with E-state index in [1.807, 2.05) is 28.9 Å². The third kappa shape index (κ3) is 5.19. The minimum absolute atomic E-state index is 0.187. The van der Waals surface area contributed by atoms with E-state index in [1.54, 1.807) is 6.92 Å². The second kappa shape index (κ2) is 9.54. The molecule has 0 saturated heterocycles. The van der Waals surface area contributed by atoms with Gasteiger partial charge in [-0.3, -0.25) is 4.79 Å². The molecule has 0 amide bonds. The first kappa shape index (κ1) is 23.3. The number of H-pyrrole nitrogens is 1. The summed E-state index contributed by atoms with van der Waals surface area (Å²) in [6, 6.07) is 16.3. The lowest BCUT2D eigenvalue weighted by molar-refractivity contribution is -0.141. The molecule has 0 spiro atoms. The standard InChI is InChI=1S/C25H29N7O2/c1-16(23(33)34)9-14-21-26-24(25(2,3)4)32(29-21)15-17-10-12-18(13-11-17)19-7-5-6-8-20(19)22-27-30-31-28-22/h5-8,10-13,16H,9,14-15H2,1-4H3,(H,33,34)(H,27,28,30,31). The second-order valence-electron chi connectivity index (χ2n) is 9.53. The highest BCUT2D eigenvalue weighted by Gasteiger charge is 2.24. The number of aliphatic carboxylic acids is 1. The molecule has 9 heteroatoms. The highest BCUT2D eigenvalue weighted by atomic mass is 16.4. The zero-order valence-electron chi connectivity index (χ0n) is 19.9. The average Bonchev–Trinajstić information content (AvgIpc) is 3.48. The molecule has 0 fully saturated rings. The first-order chi connectivity index (χ1) is 16.2. The van der Waals surface area contributed by atoms with Gasteiger partial charge < -0.3 is 5.11 Å². The predicted octanol–water partition coefficient (Wildman–Crippen LogP) is 4.12. The van der Waals surface area contributed by atoms with Gasteiger partial charge in [-0.05, 0) is 33.5 Å². The van der Waals surface area contributed by atoms with Crippen LogP contribution in [0.4, 0.5) is 0 Å². The molecule has 2 aromatic carbocycles. The van der Waals surface area contributed by atoms with Crippen molar-refractivity contribution >= 4 is 5.97 Å². The van der Waals surface area contributed by atoms with Gasteiger partial charge in [0.15, 0.2) is 11.6 Å². The molecule has 4 aromatic rings. The van der Waals surface area contributed by atoms with E-state index >= 15 is 0 Å². The third-order valence-electron chi connectivity index (χ3n) is 5.73. The first-order valence-electron chi connectivity index (χ1n) is 11.3. The smallest absolute Gasteiger partial charge is 0.306 e. The van der Waals surface area contributed by atoms with E-state index < -0.39 is 11.9 Å². The number of carboxylic acids is 1. The molecular formula is C25H29N7O2. The summed E-state index contributed by atoms with van der Waals surface area (Å²) in [4.78, 5) is 15.9. The summed E-state index contributed by atoms with van der Waals surface area (Å²) >= 11 is 0. The summed E-state index contributed by atoms with van der Waals surface area (Å²) in [6.07, 6.45) is 1.05. The minimum Gasteiger partial charge on any atom is -0.481 e. The first-order valence-corrected chi connectivity index (χ1v) is 11.3. The Bertz CT molecular complexity index is 1260. The van der Waals surface area contributed by atoms with Crippen molar-refractivity contribution < 1.29 is 9.90 Å². The van der Waals surface area contributed by atoms with Gasteiger partial charge >= 0.3 is 5.97 Å². The maximum atomic E-state index is 11.2. The van der Waals surface area contributed by atoms with E-state index in [-0.39, 0.29) is 5.41 Å². The van der Waals surface area contributed by atoms with Gasteiger partial charge in [0.25, 0.3) is 0 Å². The van der Waals surface area contributed by atoms with Crippen molar-refractivity contribution in [3.8, 4) is 22.5 Å². The van der Waals surface area contributed by atoms with Crippen LogP contribution in [-0.4, -0.2) is 46.5 Å². The van der Waals surface area contributed by atoms with Crippen molar-refractivity contribution in [2.75, 3.05) is 0 Å². The summed E-state index contributed by atoms with van der Waals surface area (Å²) in [6.45, 7) is 8.62. The highest BCUT2D eigenvalue weighted by Crippen LogP contribution is 2.30. The molecule has 1 atom stereocenters. The molecule has 2 heterocycles. The maximum absolute atomic E-state index is 11.2. The SMILES string of the molecule is CC(CCc1nc(C(C)(C)C)n(Cc2ccc(-c3ccccc3-c3nnn[nH]3)cc2)n1)C(=O)O. The number of carbonyl (C=O) groups is 1. The molecule has 9 nitrogen and oxygen atoms in total. The minimum atomic E-state index is -0.795. The largest absolute Gasteiger partial charge is 0.481 e. The van der Waals surface area contributed by atoms with Gasteiger partial charge in [0.1, 0.15) is 5.82 Å². The number of aromatic nitrogens is 7. The van der Waals surface area contributed by atoms with E-state index in [0.717, 1.165) is 28.1 Å². The van der Waals surface area contributed by atoms with Crippen LogP contribution >= 0.6 is 0 Å². The van der Waals surface area contributed by atoms with Crippen molar-refractivity contribution in [2.24, 2.45) is 5.92 Å². The van der Waals surface area contributed by atoms with Crippen molar-refractivity contribution in [3.05, 3.63) is 65.7 Å². The fourth-order valence-electron chi connectivity index (χ4n) is 3.81. The number of tetrazole rings is 1. The van der Waals surface area contributed by atoms with E-state index in [4.69, 9.17) is 15.2 Å². The Morgan fingerprint density at radius 1 is 1.09 bits per heavy atom. The number of nitrogens with zero attached hydrogens (tertiary/aromatic N) is 6.